The number of ether oxygens (including phenoxy) is 5. The monoisotopic (exact) mass is 1200 g/mol. The lowest BCUT2D eigenvalue weighted by Crippen LogP contribution is -2.41. The third-order valence-corrected chi connectivity index (χ3v) is 16.0. The average Bonchev–Trinajstić information content (AvgIpc) is 2.28. The summed E-state index contributed by atoms with van der Waals surface area (Å²) in [5.74, 6) is -3.72. The molecule has 2 aliphatic rings. The second-order valence-electron chi connectivity index (χ2n) is 23.8. The van der Waals surface area contributed by atoms with Crippen LogP contribution in [0, 0.1) is 34.5 Å². The van der Waals surface area contributed by atoms with Gasteiger partial charge in [-0.2, -0.15) is 26.3 Å². The van der Waals surface area contributed by atoms with Crippen LogP contribution in [-0.2, 0) is 47.7 Å². The lowest BCUT2D eigenvalue weighted by Gasteiger charge is -2.39. The summed E-state index contributed by atoms with van der Waals surface area (Å²) < 4.78 is 104. The summed E-state index contributed by atoms with van der Waals surface area (Å²) in [6.45, 7) is 6.01. The fourth-order valence-corrected chi connectivity index (χ4v) is 10.8. The molecule has 2 aliphatic carbocycles. The predicted octanol–water partition coefficient (Wildman–Crippen LogP) is 19.0. The average molecular weight is 1200 g/mol. The van der Waals surface area contributed by atoms with Crippen molar-refractivity contribution in [3.8, 4) is 0 Å². The van der Waals surface area contributed by atoms with E-state index >= 15 is 0 Å². The van der Waals surface area contributed by atoms with Crippen LogP contribution in [0.5, 0.6) is 0 Å². The molecular weight excluding hydrogens is 1090 g/mol. The molecular formula is C68H106F6O10. The molecule has 0 heterocycles. The summed E-state index contributed by atoms with van der Waals surface area (Å²) in [6, 6.07) is 0. The van der Waals surface area contributed by atoms with Crippen molar-refractivity contribution in [3.63, 3.8) is 0 Å². The molecule has 7 atom stereocenters. The lowest BCUT2D eigenvalue weighted by atomic mass is 9.65. The number of carbonyl (C=O) groups excluding carboxylic acids is 5. The minimum atomic E-state index is -4.62. The van der Waals surface area contributed by atoms with Gasteiger partial charge in [0.05, 0.1) is 10.8 Å². The Balaban J connectivity index is 1.86. The van der Waals surface area contributed by atoms with Crippen LogP contribution in [0.2, 0.25) is 0 Å². The molecule has 0 amide bonds. The SMILES string of the molecule is CCCCC=CCC=CCCCCCCCC(=O)OCC(COC(=O)CCCCCCCC=CC1C=CC(CCCC)CC1(C)C(=O)OCC(F)(F)F)OC(=O)CCCCCCCC1C=CC(C=CCCCC)CC1(C)C(=O)OCC(F)(F)F. The van der Waals surface area contributed by atoms with E-state index in [1.54, 1.807) is 13.8 Å². The highest BCUT2D eigenvalue weighted by Crippen LogP contribution is 2.45. The number of halogens is 6. The van der Waals surface area contributed by atoms with Crippen LogP contribution in [0.1, 0.15) is 247 Å². The number of allylic oxidation sites excluding steroid dienone is 12. The molecule has 0 aromatic rings. The summed E-state index contributed by atoms with van der Waals surface area (Å²) in [7, 11) is 0. The molecule has 2 rings (SSSR count). The quantitative estimate of drug-likeness (QED) is 0.0191. The molecule has 10 nitrogen and oxygen atoms in total. The molecule has 0 saturated heterocycles. The molecule has 0 aliphatic heterocycles. The van der Waals surface area contributed by atoms with Crippen LogP contribution in [0.15, 0.2) is 72.9 Å². The van der Waals surface area contributed by atoms with E-state index in [1.165, 1.54) is 12.8 Å². The van der Waals surface area contributed by atoms with E-state index in [0.717, 1.165) is 135 Å². The molecule has 0 radical (unpaired) electrons. The molecule has 16 heteroatoms. The third-order valence-electron chi connectivity index (χ3n) is 16.0. The largest absolute Gasteiger partial charge is 0.462 e. The van der Waals surface area contributed by atoms with Crippen molar-refractivity contribution >= 4 is 29.8 Å². The van der Waals surface area contributed by atoms with Gasteiger partial charge in [-0.3, -0.25) is 24.0 Å². The van der Waals surface area contributed by atoms with E-state index in [0.29, 0.717) is 44.9 Å². The molecule has 7 unspecified atom stereocenters. The number of rotatable bonds is 46. The van der Waals surface area contributed by atoms with Gasteiger partial charge >= 0.3 is 42.2 Å². The zero-order valence-corrected chi connectivity index (χ0v) is 51.8. The summed E-state index contributed by atoms with van der Waals surface area (Å²) >= 11 is 0. The summed E-state index contributed by atoms with van der Waals surface area (Å²) in [4.78, 5) is 65.0. The number of hydrogen-bond donors (Lipinski definition) is 0. The normalized spacial score (nSPS) is 21.4. The Morgan fingerprint density at radius 3 is 1.49 bits per heavy atom. The highest BCUT2D eigenvalue weighted by molar-refractivity contribution is 5.78. The van der Waals surface area contributed by atoms with Gasteiger partial charge < -0.3 is 23.7 Å². The lowest BCUT2D eigenvalue weighted by molar-refractivity contribution is -0.195. The Morgan fingerprint density at radius 1 is 0.476 bits per heavy atom. The van der Waals surface area contributed by atoms with E-state index in [9.17, 15) is 50.3 Å². The number of unbranched alkanes of at least 4 members (excludes halogenated alkanes) is 19. The Kier molecular flexibility index (Phi) is 39.4. The van der Waals surface area contributed by atoms with Gasteiger partial charge in [-0.25, -0.2) is 0 Å². The van der Waals surface area contributed by atoms with E-state index in [2.05, 4.69) is 57.2 Å². The molecule has 0 bridgehead atoms. The van der Waals surface area contributed by atoms with Crippen LogP contribution in [0.4, 0.5) is 26.3 Å². The van der Waals surface area contributed by atoms with Gasteiger partial charge in [0.25, 0.3) is 0 Å². The van der Waals surface area contributed by atoms with Crippen molar-refractivity contribution in [3.05, 3.63) is 72.9 Å². The van der Waals surface area contributed by atoms with Gasteiger partial charge in [-0.1, -0.05) is 196 Å². The van der Waals surface area contributed by atoms with E-state index in [-0.39, 0.29) is 56.1 Å². The Morgan fingerprint density at radius 2 is 0.940 bits per heavy atom. The van der Waals surface area contributed by atoms with Gasteiger partial charge in [0.15, 0.2) is 19.3 Å². The summed E-state index contributed by atoms with van der Waals surface area (Å²) in [5, 5.41) is 0. The second-order valence-corrected chi connectivity index (χ2v) is 23.8. The molecule has 0 aromatic carbocycles. The van der Waals surface area contributed by atoms with Crippen molar-refractivity contribution in [1.82, 2.24) is 0 Å². The molecule has 0 N–H and O–H groups in total. The number of esters is 5. The number of alkyl halides is 6. The van der Waals surface area contributed by atoms with Crippen LogP contribution in [0.25, 0.3) is 0 Å². The van der Waals surface area contributed by atoms with Crippen molar-refractivity contribution < 1.29 is 74.0 Å². The fourth-order valence-electron chi connectivity index (χ4n) is 10.8. The van der Waals surface area contributed by atoms with Gasteiger partial charge in [0.2, 0.25) is 0 Å². The standard InChI is InChI=1S/C68H106F6O10/c1-6-9-12-14-15-16-17-18-19-20-21-24-29-35-42-60(75)80-51-59(84-62(77)44-37-31-26-28-34-41-58-48-46-56(39-32-13-10-7-2)50-66(58,5)64(79)83-54-68(72,73)74)52-81-61(76)43-36-30-25-22-23-27-33-40-57-47-45-55(38-11-8-3)49-65(57,4)63(78)82-53-67(69,70)71/h14-15,17-18,32-33,39-40,45-48,55-59H,6-13,16,19-31,34-38,41-44,49-54H2,1-5H3. The third kappa shape index (κ3) is 35.1. The van der Waals surface area contributed by atoms with Crippen LogP contribution >= 0.6 is 0 Å². The van der Waals surface area contributed by atoms with E-state index in [4.69, 9.17) is 23.7 Å². The smallest absolute Gasteiger partial charge is 0.422 e. The molecule has 84 heavy (non-hydrogen) atoms. The predicted molar refractivity (Wildman–Crippen MR) is 320 cm³/mol. The van der Waals surface area contributed by atoms with Crippen molar-refractivity contribution in [2.24, 2.45) is 34.5 Å². The van der Waals surface area contributed by atoms with Crippen molar-refractivity contribution in [1.29, 1.82) is 0 Å². The van der Waals surface area contributed by atoms with Crippen LogP contribution in [0.3, 0.4) is 0 Å². The maximum atomic E-state index is 13.2. The van der Waals surface area contributed by atoms with Crippen molar-refractivity contribution in [2.75, 3.05) is 26.4 Å². The molecule has 480 valence electrons. The Hall–Kier alpha value is -4.63. The van der Waals surface area contributed by atoms with Crippen molar-refractivity contribution in [2.45, 2.75) is 265 Å². The molecule has 0 spiro atoms. The van der Waals surface area contributed by atoms with Gasteiger partial charge in [0.1, 0.15) is 13.2 Å². The molecule has 0 aromatic heterocycles. The first-order valence-electron chi connectivity index (χ1n) is 32.1. The summed E-state index contributed by atoms with van der Waals surface area (Å²) in [6.07, 6.45) is 40.7. The zero-order chi connectivity index (χ0) is 62.0. The van der Waals surface area contributed by atoms with E-state index < -0.39 is 72.3 Å². The maximum absolute atomic E-state index is 13.2. The minimum absolute atomic E-state index is 0.0776. The Bertz CT molecular complexity index is 2020. The number of hydrogen-bond acceptors (Lipinski definition) is 10. The van der Waals surface area contributed by atoms with Gasteiger partial charge in [-0.15, -0.1) is 0 Å². The van der Waals surface area contributed by atoms with Crippen LogP contribution in [-0.4, -0.2) is 74.7 Å². The maximum Gasteiger partial charge on any atom is 0.422 e. The molecule has 0 saturated carbocycles. The first kappa shape index (κ1) is 75.5. The highest BCUT2D eigenvalue weighted by Gasteiger charge is 2.47. The van der Waals surface area contributed by atoms with Gasteiger partial charge in [-0.05, 0) is 121 Å². The Labute approximate surface area is 500 Å². The zero-order valence-electron chi connectivity index (χ0n) is 51.8. The minimum Gasteiger partial charge on any atom is -0.462 e. The van der Waals surface area contributed by atoms with Crippen LogP contribution < -0.4 is 0 Å². The van der Waals surface area contributed by atoms with E-state index in [1.807, 2.05) is 36.5 Å². The first-order valence-corrected chi connectivity index (χ1v) is 32.1. The second kappa shape index (κ2) is 43.9. The first-order chi connectivity index (χ1) is 40.2. The van der Waals surface area contributed by atoms with Gasteiger partial charge in [0, 0.05) is 25.2 Å². The summed E-state index contributed by atoms with van der Waals surface area (Å²) in [5.41, 5.74) is -2.21. The highest BCUT2D eigenvalue weighted by atomic mass is 19.4. The number of carbonyl (C=O) groups is 5. The molecule has 0 fully saturated rings. The topological polar surface area (TPSA) is 132 Å². The fraction of sp³-hybridized carbons (Fsp3) is 0.750.